The van der Waals surface area contributed by atoms with E-state index in [1.54, 1.807) is 0 Å². The van der Waals surface area contributed by atoms with E-state index in [0.29, 0.717) is 6.07 Å². The highest BCUT2D eigenvalue weighted by atomic mass is 19.2. The van der Waals surface area contributed by atoms with Crippen molar-refractivity contribution in [1.29, 1.82) is 0 Å². The van der Waals surface area contributed by atoms with Gasteiger partial charge in [0, 0.05) is 17.7 Å². The van der Waals surface area contributed by atoms with Crippen molar-refractivity contribution in [3.63, 3.8) is 0 Å². The predicted octanol–water partition coefficient (Wildman–Crippen LogP) is 2.51. The lowest BCUT2D eigenvalue weighted by Gasteiger charge is -2.11. The normalized spacial score (nSPS) is 18.3. The molecular formula is C10H10F3N. The second-order valence-corrected chi connectivity index (χ2v) is 3.65. The zero-order valence-corrected chi connectivity index (χ0v) is 7.43. The summed E-state index contributed by atoms with van der Waals surface area (Å²) >= 11 is 0. The van der Waals surface area contributed by atoms with E-state index in [9.17, 15) is 13.2 Å². The summed E-state index contributed by atoms with van der Waals surface area (Å²) < 4.78 is 38.6. The summed E-state index contributed by atoms with van der Waals surface area (Å²) in [5, 5.41) is 0. The summed E-state index contributed by atoms with van der Waals surface area (Å²) in [6, 6.07) is 0.894. The Balaban J connectivity index is 2.36. The Morgan fingerprint density at radius 2 is 1.64 bits per heavy atom. The van der Waals surface area contributed by atoms with Crippen LogP contribution < -0.4 is 5.73 Å². The Kier molecular flexibility index (Phi) is 2.23. The van der Waals surface area contributed by atoms with Crippen molar-refractivity contribution in [1.82, 2.24) is 0 Å². The van der Waals surface area contributed by atoms with E-state index < -0.39 is 23.5 Å². The van der Waals surface area contributed by atoms with Gasteiger partial charge in [-0.2, -0.15) is 0 Å². The Hall–Kier alpha value is -1.03. The summed E-state index contributed by atoms with van der Waals surface area (Å²) in [4.78, 5) is 0. The van der Waals surface area contributed by atoms with Gasteiger partial charge >= 0.3 is 0 Å². The van der Waals surface area contributed by atoms with Gasteiger partial charge < -0.3 is 5.73 Å². The van der Waals surface area contributed by atoms with Crippen LogP contribution >= 0.6 is 0 Å². The maximum Gasteiger partial charge on any atom is 0.161 e. The molecule has 0 unspecified atom stereocenters. The summed E-state index contributed by atoms with van der Waals surface area (Å²) in [6.07, 6.45) is 1.86. The lowest BCUT2D eigenvalue weighted by atomic mass is 10.0. The van der Waals surface area contributed by atoms with Crippen LogP contribution in [0.4, 0.5) is 13.2 Å². The van der Waals surface area contributed by atoms with Gasteiger partial charge in [0.1, 0.15) is 5.82 Å². The molecule has 1 aliphatic rings. The molecule has 1 nitrogen and oxygen atoms in total. The molecule has 1 fully saturated rings. The summed E-state index contributed by atoms with van der Waals surface area (Å²) in [6.45, 7) is 0. The number of hydrogen-bond donors (Lipinski definition) is 1. The van der Waals surface area contributed by atoms with Gasteiger partial charge in [-0.25, -0.2) is 13.2 Å². The second-order valence-electron chi connectivity index (χ2n) is 3.65. The molecule has 0 spiro atoms. The first-order valence-electron chi connectivity index (χ1n) is 4.49. The first-order valence-corrected chi connectivity index (χ1v) is 4.49. The molecule has 0 radical (unpaired) electrons. The largest absolute Gasteiger partial charge is 0.324 e. The van der Waals surface area contributed by atoms with E-state index >= 15 is 0 Å². The van der Waals surface area contributed by atoms with Crippen molar-refractivity contribution < 1.29 is 13.2 Å². The van der Waals surface area contributed by atoms with Gasteiger partial charge in [0.25, 0.3) is 0 Å². The van der Waals surface area contributed by atoms with Crippen LogP contribution in [0.5, 0.6) is 0 Å². The summed E-state index contributed by atoms with van der Waals surface area (Å²) in [5.74, 6) is -2.76. The Labute approximate surface area is 79.7 Å². The average Bonchev–Trinajstić information content (AvgIpc) is 2.93. The zero-order chi connectivity index (χ0) is 10.3. The van der Waals surface area contributed by atoms with Crippen molar-refractivity contribution in [2.75, 3.05) is 0 Å². The van der Waals surface area contributed by atoms with E-state index in [2.05, 4.69) is 0 Å². The van der Waals surface area contributed by atoms with Gasteiger partial charge in [-0.15, -0.1) is 0 Å². The number of benzene rings is 1. The van der Waals surface area contributed by atoms with Crippen LogP contribution in [0.2, 0.25) is 0 Å². The number of hydrogen-bond acceptors (Lipinski definition) is 1. The van der Waals surface area contributed by atoms with Crippen LogP contribution in [0.3, 0.4) is 0 Å². The third-order valence-electron chi connectivity index (χ3n) is 2.53. The molecule has 1 saturated carbocycles. The molecule has 0 aliphatic heterocycles. The molecule has 2 N–H and O–H groups in total. The molecule has 1 atom stereocenters. The molecule has 1 aliphatic carbocycles. The molecular weight excluding hydrogens is 191 g/mol. The fraction of sp³-hybridized carbons (Fsp3) is 0.400. The van der Waals surface area contributed by atoms with Gasteiger partial charge in [-0.05, 0) is 24.8 Å². The molecule has 4 heteroatoms. The number of rotatable bonds is 2. The van der Waals surface area contributed by atoms with Gasteiger partial charge in [-0.3, -0.25) is 0 Å². The van der Waals surface area contributed by atoms with Gasteiger partial charge in [0.15, 0.2) is 11.6 Å². The molecule has 2 rings (SSSR count). The molecule has 0 saturated heterocycles. The number of nitrogens with two attached hydrogens (primary N) is 1. The maximum absolute atomic E-state index is 13.2. The molecule has 0 aromatic heterocycles. The van der Waals surface area contributed by atoms with Gasteiger partial charge in [0.2, 0.25) is 0 Å². The van der Waals surface area contributed by atoms with E-state index in [-0.39, 0.29) is 11.5 Å². The number of halogens is 3. The predicted molar refractivity (Wildman–Crippen MR) is 46.0 cm³/mol. The van der Waals surface area contributed by atoms with E-state index in [4.69, 9.17) is 5.73 Å². The molecule has 0 heterocycles. The topological polar surface area (TPSA) is 26.0 Å². The second kappa shape index (κ2) is 3.28. The van der Waals surface area contributed by atoms with E-state index in [0.717, 1.165) is 18.9 Å². The molecule has 0 amide bonds. The fourth-order valence-corrected chi connectivity index (χ4v) is 1.50. The lowest BCUT2D eigenvalue weighted by molar-refractivity contribution is 0.479. The first kappa shape index (κ1) is 9.52. The quantitative estimate of drug-likeness (QED) is 0.731. The summed E-state index contributed by atoms with van der Waals surface area (Å²) in [5.41, 5.74) is 5.77. The minimum Gasteiger partial charge on any atom is -0.324 e. The SMILES string of the molecule is N[C@H](c1cc(F)c(F)cc1F)C1CC1. The van der Waals surface area contributed by atoms with Crippen LogP contribution in [0.15, 0.2) is 12.1 Å². The van der Waals surface area contributed by atoms with Crippen LogP contribution in [0.1, 0.15) is 24.4 Å². The smallest absolute Gasteiger partial charge is 0.161 e. The lowest BCUT2D eigenvalue weighted by Crippen LogP contribution is -2.15. The Bertz CT molecular complexity index is 361. The van der Waals surface area contributed by atoms with Crippen molar-refractivity contribution in [3.05, 3.63) is 35.1 Å². The van der Waals surface area contributed by atoms with E-state index in [1.165, 1.54) is 0 Å². The van der Waals surface area contributed by atoms with E-state index in [1.807, 2.05) is 0 Å². The highest BCUT2D eigenvalue weighted by molar-refractivity contribution is 5.24. The molecule has 1 aromatic carbocycles. The minimum absolute atomic E-state index is 0.0754. The van der Waals surface area contributed by atoms with Crippen LogP contribution in [-0.2, 0) is 0 Å². The highest BCUT2D eigenvalue weighted by Crippen LogP contribution is 2.40. The molecule has 1 aromatic rings. The minimum atomic E-state index is -1.17. The van der Waals surface area contributed by atoms with Gasteiger partial charge in [-0.1, -0.05) is 0 Å². The van der Waals surface area contributed by atoms with Crippen molar-refractivity contribution in [2.24, 2.45) is 11.7 Å². The third kappa shape index (κ3) is 1.62. The fourth-order valence-electron chi connectivity index (χ4n) is 1.50. The Morgan fingerprint density at radius 3 is 2.21 bits per heavy atom. The van der Waals surface area contributed by atoms with Crippen molar-refractivity contribution >= 4 is 0 Å². The standard InChI is InChI=1S/C10H10F3N/c11-7-4-9(13)8(12)3-6(7)10(14)5-1-2-5/h3-5,10H,1-2,14H2/t10-/m0/s1. The van der Waals surface area contributed by atoms with Crippen LogP contribution in [0, 0.1) is 23.4 Å². The van der Waals surface area contributed by atoms with Crippen LogP contribution in [0.25, 0.3) is 0 Å². The zero-order valence-electron chi connectivity index (χ0n) is 7.43. The molecule has 14 heavy (non-hydrogen) atoms. The van der Waals surface area contributed by atoms with Gasteiger partial charge in [0.05, 0.1) is 0 Å². The monoisotopic (exact) mass is 201 g/mol. The summed E-state index contributed by atoms with van der Waals surface area (Å²) in [7, 11) is 0. The van der Waals surface area contributed by atoms with Crippen LogP contribution in [-0.4, -0.2) is 0 Å². The maximum atomic E-state index is 13.2. The third-order valence-corrected chi connectivity index (χ3v) is 2.53. The molecule has 0 bridgehead atoms. The highest BCUT2D eigenvalue weighted by Gasteiger charge is 2.31. The van der Waals surface area contributed by atoms with Crippen molar-refractivity contribution in [3.8, 4) is 0 Å². The Morgan fingerprint density at radius 1 is 1.07 bits per heavy atom. The molecule has 76 valence electrons. The average molecular weight is 201 g/mol. The first-order chi connectivity index (χ1) is 6.59. The van der Waals surface area contributed by atoms with Crippen molar-refractivity contribution in [2.45, 2.75) is 18.9 Å².